The second-order valence-corrected chi connectivity index (χ2v) is 12.0. The number of carbonyl (C=O) groups excluding carboxylic acids is 3. The fourth-order valence-electron chi connectivity index (χ4n) is 7.12. The van der Waals surface area contributed by atoms with Crippen LogP contribution in [0.3, 0.4) is 0 Å². The molecular formula is C28H36Cl2FN3O7. The van der Waals surface area contributed by atoms with E-state index in [2.05, 4.69) is 18.7 Å². The first kappa shape index (κ1) is 32.8. The van der Waals surface area contributed by atoms with Crippen molar-refractivity contribution in [1.29, 1.82) is 0 Å². The number of aliphatic hydroxyl groups excluding tert-OH is 2. The van der Waals surface area contributed by atoms with Crippen LogP contribution in [0.25, 0.3) is 5.76 Å². The van der Waals surface area contributed by atoms with Crippen LogP contribution in [0.2, 0.25) is 0 Å². The van der Waals surface area contributed by atoms with Crippen molar-refractivity contribution in [3.05, 3.63) is 45.5 Å². The molecule has 13 heteroatoms. The topological polar surface area (TPSA) is 165 Å². The van der Waals surface area contributed by atoms with Crippen LogP contribution in [0, 0.1) is 17.7 Å². The number of phenols is 1. The molecule has 0 radical (unpaired) electrons. The van der Waals surface area contributed by atoms with Gasteiger partial charge in [-0.15, -0.1) is 24.8 Å². The van der Waals surface area contributed by atoms with Gasteiger partial charge in [-0.05, 0) is 72.2 Å². The molecule has 1 amide bonds. The molecule has 4 aliphatic rings. The van der Waals surface area contributed by atoms with Crippen LogP contribution in [-0.2, 0) is 27.3 Å². The van der Waals surface area contributed by atoms with Gasteiger partial charge in [-0.25, -0.2) is 4.39 Å². The predicted octanol–water partition coefficient (Wildman–Crippen LogP) is 2.32. The number of phenolic OH excluding ortho intramolecular Hbond substituents is 1. The SMILES string of the molecule is CN(C)[C@@H]1C(=O)C(C(N)=O)=C(O)[C@@]2(O)C(=O)C3=C(O)c4c(O)cc(CN5CCCC5(C)C)c(F)c4C[C@H]3C[C@@H]12.Cl.Cl. The van der Waals surface area contributed by atoms with E-state index in [0.29, 0.717) is 0 Å². The molecule has 41 heavy (non-hydrogen) atoms. The molecule has 1 saturated carbocycles. The van der Waals surface area contributed by atoms with Crippen molar-refractivity contribution in [2.45, 2.75) is 63.3 Å². The van der Waals surface area contributed by atoms with Crippen LogP contribution in [0.1, 0.15) is 49.8 Å². The molecule has 0 unspecified atom stereocenters. The van der Waals surface area contributed by atoms with E-state index >= 15 is 4.39 Å². The zero-order chi connectivity index (χ0) is 28.8. The molecule has 3 aliphatic carbocycles. The average molecular weight is 617 g/mol. The number of halogens is 3. The summed E-state index contributed by atoms with van der Waals surface area (Å²) < 4.78 is 16.0. The van der Waals surface area contributed by atoms with E-state index in [1.54, 1.807) is 0 Å². The van der Waals surface area contributed by atoms with Gasteiger partial charge in [-0.1, -0.05) is 0 Å². The smallest absolute Gasteiger partial charge is 0.255 e. The lowest BCUT2D eigenvalue weighted by Crippen LogP contribution is -2.65. The molecule has 10 nitrogen and oxygen atoms in total. The van der Waals surface area contributed by atoms with Crippen LogP contribution in [-0.4, -0.2) is 85.5 Å². The van der Waals surface area contributed by atoms with Crippen LogP contribution >= 0.6 is 24.8 Å². The fourth-order valence-corrected chi connectivity index (χ4v) is 7.12. The third kappa shape index (κ3) is 4.62. The van der Waals surface area contributed by atoms with Crippen molar-refractivity contribution < 1.29 is 39.2 Å². The number of nitrogens with zero attached hydrogens (tertiary/aromatic N) is 2. The quantitative estimate of drug-likeness (QED) is 0.320. The van der Waals surface area contributed by atoms with Gasteiger partial charge in [0, 0.05) is 34.7 Å². The van der Waals surface area contributed by atoms with Gasteiger partial charge in [-0.2, -0.15) is 0 Å². The summed E-state index contributed by atoms with van der Waals surface area (Å²) in [4.78, 5) is 42.6. The molecule has 1 aromatic rings. The summed E-state index contributed by atoms with van der Waals surface area (Å²) >= 11 is 0. The number of likely N-dealkylation sites (N-methyl/N-ethyl adjacent to an activating group) is 1. The number of Topliss-reactive ketones (excluding diaryl/α,β-unsaturated/α-hetero) is 2. The number of ketones is 2. The molecule has 0 bridgehead atoms. The summed E-state index contributed by atoms with van der Waals surface area (Å²) in [6, 6.07) is 0.0541. The number of amides is 1. The van der Waals surface area contributed by atoms with Crippen molar-refractivity contribution in [3.63, 3.8) is 0 Å². The number of aromatic hydroxyl groups is 1. The Morgan fingerprint density at radius 1 is 1.20 bits per heavy atom. The molecule has 1 aromatic carbocycles. The lowest BCUT2D eigenvalue weighted by molar-refractivity contribution is -0.153. The summed E-state index contributed by atoms with van der Waals surface area (Å²) in [7, 11) is 3.05. The summed E-state index contributed by atoms with van der Waals surface area (Å²) in [5, 5.41) is 44.6. The number of hydrogen-bond donors (Lipinski definition) is 5. The first-order valence-electron chi connectivity index (χ1n) is 13.1. The van der Waals surface area contributed by atoms with Gasteiger partial charge in [-0.3, -0.25) is 24.2 Å². The zero-order valence-corrected chi connectivity index (χ0v) is 24.9. The Morgan fingerprint density at radius 3 is 2.37 bits per heavy atom. The number of hydrogen-bond acceptors (Lipinski definition) is 9. The van der Waals surface area contributed by atoms with Gasteiger partial charge < -0.3 is 26.2 Å². The Kier molecular flexibility index (Phi) is 8.68. The molecule has 1 heterocycles. The van der Waals surface area contributed by atoms with Gasteiger partial charge >= 0.3 is 0 Å². The lowest BCUT2D eigenvalue weighted by atomic mass is 9.57. The maximum Gasteiger partial charge on any atom is 0.255 e. The van der Waals surface area contributed by atoms with Gasteiger partial charge in [0.2, 0.25) is 5.78 Å². The van der Waals surface area contributed by atoms with Crippen molar-refractivity contribution in [2.75, 3.05) is 20.6 Å². The van der Waals surface area contributed by atoms with E-state index in [4.69, 9.17) is 5.73 Å². The molecule has 5 rings (SSSR count). The minimum absolute atomic E-state index is 0. The Hall–Kier alpha value is -2.70. The highest BCUT2D eigenvalue weighted by molar-refractivity contribution is 6.24. The van der Waals surface area contributed by atoms with Gasteiger partial charge in [0.15, 0.2) is 11.4 Å². The zero-order valence-electron chi connectivity index (χ0n) is 23.2. The number of benzene rings is 1. The number of likely N-dealkylation sites (tertiary alicyclic amines) is 1. The molecule has 6 N–H and O–H groups in total. The maximum absolute atomic E-state index is 16.0. The number of nitrogens with two attached hydrogens (primary N) is 1. The fraction of sp³-hybridized carbons (Fsp3) is 0.536. The second kappa shape index (κ2) is 10.9. The van der Waals surface area contributed by atoms with E-state index in [0.717, 1.165) is 19.4 Å². The number of primary amides is 1. The molecule has 0 aromatic heterocycles. The largest absolute Gasteiger partial charge is 0.508 e. The van der Waals surface area contributed by atoms with Crippen molar-refractivity contribution in [2.24, 2.45) is 17.6 Å². The Balaban J connectivity index is 0.00000231. The number of fused-ring (bicyclic) bond motifs is 3. The van der Waals surface area contributed by atoms with E-state index in [1.807, 2.05) is 0 Å². The highest BCUT2D eigenvalue weighted by atomic mass is 35.5. The molecule has 1 aliphatic heterocycles. The molecular weight excluding hydrogens is 580 g/mol. The lowest BCUT2D eigenvalue weighted by Gasteiger charge is -2.50. The van der Waals surface area contributed by atoms with E-state index < -0.39 is 69.6 Å². The van der Waals surface area contributed by atoms with Crippen LogP contribution < -0.4 is 5.73 Å². The average Bonchev–Trinajstić information content (AvgIpc) is 3.16. The van der Waals surface area contributed by atoms with Gasteiger partial charge in [0.25, 0.3) is 5.91 Å². The van der Waals surface area contributed by atoms with Crippen molar-refractivity contribution >= 4 is 48.0 Å². The first-order valence-corrected chi connectivity index (χ1v) is 13.1. The summed E-state index contributed by atoms with van der Waals surface area (Å²) in [6.45, 7) is 5.19. The standard InChI is InChI=1S/C28H34FN3O7.2ClH/c1-27(2)6-5-7-32(27)11-13-10-16(33)18-14(20(13)29)8-12-9-15-21(31(3)4)23(35)19(26(30)38)25(37)28(15,39)24(36)17(12)22(18)34;;/h10,12,15,21,33-34,37,39H,5-9,11H2,1-4H3,(H2,30,38);2*1H/t12-,15-,21-,28-;;/m0../s1. The third-order valence-corrected chi connectivity index (χ3v) is 9.16. The maximum atomic E-state index is 16.0. The monoisotopic (exact) mass is 615 g/mol. The molecule has 2 fully saturated rings. The van der Waals surface area contributed by atoms with Crippen LogP contribution in [0.5, 0.6) is 5.75 Å². The summed E-state index contributed by atoms with van der Waals surface area (Å²) in [6.07, 6.45) is 1.76. The van der Waals surface area contributed by atoms with E-state index in [1.165, 1.54) is 25.1 Å². The molecule has 0 spiro atoms. The van der Waals surface area contributed by atoms with Crippen LogP contribution in [0.4, 0.5) is 4.39 Å². The number of rotatable bonds is 4. The highest BCUT2D eigenvalue weighted by Gasteiger charge is 2.64. The minimum Gasteiger partial charge on any atom is -0.508 e. The predicted molar refractivity (Wildman–Crippen MR) is 152 cm³/mol. The van der Waals surface area contributed by atoms with Crippen molar-refractivity contribution in [3.8, 4) is 5.75 Å². The van der Waals surface area contributed by atoms with Gasteiger partial charge in [0.05, 0.1) is 11.6 Å². The van der Waals surface area contributed by atoms with E-state index in [9.17, 15) is 34.8 Å². The van der Waals surface area contributed by atoms with Crippen LogP contribution in [0.15, 0.2) is 23.0 Å². The minimum atomic E-state index is -2.72. The normalized spacial score (nSPS) is 29.0. The molecule has 226 valence electrons. The number of aliphatic hydroxyl groups is 3. The van der Waals surface area contributed by atoms with Crippen molar-refractivity contribution in [1.82, 2.24) is 9.80 Å². The Labute approximate surface area is 249 Å². The Morgan fingerprint density at radius 2 is 1.83 bits per heavy atom. The van der Waals surface area contributed by atoms with Gasteiger partial charge in [0.1, 0.15) is 28.7 Å². The molecule has 4 atom stereocenters. The highest BCUT2D eigenvalue weighted by Crippen LogP contribution is 2.53. The van der Waals surface area contributed by atoms with E-state index in [-0.39, 0.29) is 72.0 Å². The second-order valence-electron chi connectivity index (χ2n) is 12.0. The Bertz CT molecular complexity index is 1390. The summed E-state index contributed by atoms with van der Waals surface area (Å²) in [5.74, 6) is -8.13. The molecule has 1 saturated heterocycles. The third-order valence-electron chi connectivity index (χ3n) is 9.16. The number of carbonyl (C=O) groups is 3. The first-order chi connectivity index (χ1) is 18.1. The summed E-state index contributed by atoms with van der Waals surface area (Å²) in [5.41, 5.74) is 1.36.